The van der Waals surface area contributed by atoms with Crippen molar-refractivity contribution in [3.05, 3.63) is 120 Å². The van der Waals surface area contributed by atoms with Crippen LogP contribution in [0.1, 0.15) is 16.7 Å². The third-order valence-electron chi connectivity index (χ3n) is 5.72. The van der Waals surface area contributed by atoms with Crippen molar-refractivity contribution in [2.24, 2.45) is 5.92 Å². The lowest BCUT2D eigenvalue weighted by atomic mass is 9.84. The lowest BCUT2D eigenvalue weighted by molar-refractivity contribution is 0.601. The van der Waals surface area contributed by atoms with E-state index in [2.05, 4.69) is 59.4 Å². The Morgan fingerprint density at radius 3 is 2.53 bits per heavy atom. The second-order valence-corrected chi connectivity index (χ2v) is 10.7. The maximum Gasteiger partial charge on any atom is 0.261 e. The lowest BCUT2D eigenvalue weighted by Crippen LogP contribution is -2.15. The topological polar surface area (TPSA) is 46.2 Å². The summed E-state index contributed by atoms with van der Waals surface area (Å²) in [5.41, 5.74) is 5.38. The fourth-order valence-corrected chi connectivity index (χ4v) is 6.52. The van der Waals surface area contributed by atoms with Crippen LogP contribution in [-0.2, 0) is 15.8 Å². The van der Waals surface area contributed by atoms with Gasteiger partial charge in [0, 0.05) is 22.6 Å². The first-order valence-corrected chi connectivity index (χ1v) is 13.1. The Hall–Kier alpha value is -3.02. The third-order valence-corrected chi connectivity index (χ3v) is 8.43. The van der Waals surface area contributed by atoms with Crippen LogP contribution in [0.15, 0.2) is 108 Å². The lowest BCUT2D eigenvalue weighted by Gasteiger charge is -2.24. The molecule has 3 aromatic rings. The summed E-state index contributed by atoms with van der Waals surface area (Å²) in [5.74, 6) is 1.25. The second-order valence-electron chi connectivity index (χ2n) is 7.87. The van der Waals surface area contributed by atoms with Crippen LogP contribution >= 0.6 is 11.8 Å². The summed E-state index contributed by atoms with van der Waals surface area (Å²) < 4.78 is 28.2. The molecule has 2 aliphatic rings. The molecular formula is C27H23NO2S2. The zero-order chi connectivity index (χ0) is 22.0. The zero-order valence-electron chi connectivity index (χ0n) is 17.4. The van der Waals surface area contributed by atoms with Gasteiger partial charge in [-0.25, -0.2) is 8.42 Å². The van der Waals surface area contributed by atoms with Gasteiger partial charge in [0.25, 0.3) is 10.0 Å². The van der Waals surface area contributed by atoms with E-state index in [1.54, 1.807) is 36.4 Å². The summed E-state index contributed by atoms with van der Waals surface area (Å²) in [6.07, 6.45) is 11.0. The van der Waals surface area contributed by atoms with E-state index < -0.39 is 10.0 Å². The molecule has 160 valence electrons. The van der Waals surface area contributed by atoms with Gasteiger partial charge in [0.15, 0.2) is 0 Å². The van der Waals surface area contributed by atoms with Crippen LogP contribution in [0, 0.1) is 5.92 Å². The van der Waals surface area contributed by atoms with E-state index in [-0.39, 0.29) is 10.8 Å². The van der Waals surface area contributed by atoms with Crippen molar-refractivity contribution in [3.63, 3.8) is 0 Å². The normalized spacial score (nSPS) is 20.9. The number of hydrogen-bond donors (Lipinski definition) is 1. The molecule has 1 aliphatic carbocycles. The van der Waals surface area contributed by atoms with Gasteiger partial charge in [-0.05, 0) is 46.5 Å². The van der Waals surface area contributed by atoms with Gasteiger partial charge < -0.3 is 0 Å². The quantitative estimate of drug-likeness (QED) is 0.494. The van der Waals surface area contributed by atoms with Crippen LogP contribution in [0.2, 0.25) is 0 Å². The first-order valence-electron chi connectivity index (χ1n) is 10.5. The van der Waals surface area contributed by atoms with Crippen molar-refractivity contribution in [1.82, 2.24) is 0 Å². The summed E-state index contributed by atoms with van der Waals surface area (Å²) in [6, 6.07) is 24.6. The number of allylic oxidation sites excluding steroid dienone is 4. The average Bonchev–Trinajstić information content (AvgIpc) is 2.97. The minimum Gasteiger partial charge on any atom is -0.280 e. The van der Waals surface area contributed by atoms with Crippen molar-refractivity contribution in [2.45, 2.75) is 15.9 Å². The highest BCUT2D eigenvalue weighted by atomic mass is 32.2. The predicted molar refractivity (Wildman–Crippen MR) is 135 cm³/mol. The highest BCUT2D eigenvalue weighted by molar-refractivity contribution is 7.99. The van der Waals surface area contributed by atoms with Crippen molar-refractivity contribution in [2.75, 3.05) is 4.72 Å². The molecule has 0 saturated carbocycles. The second kappa shape index (κ2) is 8.85. The molecule has 5 rings (SSSR count). The van der Waals surface area contributed by atoms with Gasteiger partial charge in [0.2, 0.25) is 0 Å². The van der Waals surface area contributed by atoms with E-state index in [1.807, 2.05) is 30.0 Å². The third kappa shape index (κ3) is 4.31. The SMILES string of the molecule is O=S(=O)(Nc1cccc(/C=C2\c3ccccc3CSC3C=CC=CC23)c1)c1ccccc1. The Morgan fingerprint density at radius 2 is 1.66 bits per heavy atom. The van der Waals surface area contributed by atoms with Gasteiger partial charge in [0.1, 0.15) is 0 Å². The fraction of sp³-hybridized carbons (Fsp3) is 0.111. The van der Waals surface area contributed by atoms with Gasteiger partial charge in [0.05, 0.1) is 4.90 Å². The number of anilines is 1. The van der Waals surface area contributed by atoms with E-state index in [0.717, 1.165) is 11.3 Å². The number of hydrogen-bond acceptors (Lipinski definition) is 3. The van der Waals surface area contributed by atoms with E-state index in [1.165, 1.54) is 16.7 Å². The van der Waals surface area contributed by atoms with Crippen LogP contribution in [0.4, 0.5) is 5.69 Å². The molecule has 0 spiro atoms. The molecule has 2 unspecified atom stereocenters. The van der Waals surface area contributed by atoms with E-state index >= 15 is 0 Å². The Morgan fingerprint density at radius 1 is 0.875 bits per heavy atom. The highest BCUT2D eigenvalue weighted by Gasteiger charge is 2.28. The summed E-state index contributed by atoms with van der Waals surface area (Å²) in [6.45, 7) is 0. The van der Waals surface area contributed by atoms with Gasteiger partial charge >= 0.3 is 0 Å². The molecule has 0 radical (unpaired) electrons. The van der Waals surface area contributed by atoms with Crippen molar-refractivity contribution < 1.29 is 8.42 Å². The molecule has 3 aromatic carbocycles. The minimum atomic E-state index is -3.63. The summed E-state index contributed by atoms with van der Waals surface area (Å²) in [4.78, 5) is 0.250. The van der Waals surface area contributed by atoms with Crippen LogP contribution in [0.5, 0.6) is 0 Å². The van der Waals surface area contributed by atoms with Gasteiger partial charge in [-0.1, -0.05) is 85.0 Å². The van der Waals surface area contributed by atoms with Crippen LogP contribution in [0.25, 0.3) is 11.6 Å². The first kappa shape index (κ1) is 20.9. The molecule has 1 heterocycles. The van der Waals surface area contributed by atoms with Gasteiger partial charge in [-0.15, -0.1) is 11.8 Å². The van der Waals surface area contributed by atoms with Crippen molar-refractivity contribution >= 4 is 39.1 Å². The van der Waals surface area contributed by atoms with E-state index in [0.29, 0.717) is 10.9 Å². The molecule has 2 atom stereocenters. The summed E-state index contributed by atoms with van der Waals surface area (Å²) >= 11 is 1.96. The molecule has 0 fully saturated rings. The maximum atomic E-state index is 12.8. The maximum absolute atomic E-state index is 12.8. The monoisotopic (exact) mass is 457 g/mol. The van der Waals surface area contributed by atoms with Crippen LogP contribution in [-0.4, -0.2) is 13.7 Å². The Balaban J connectivity index is 1.53. The first-order chi connectivity index (χ1) is 15.6. The number of nitrogens with one attached hydrogen (secondary N) is 1. The van der Waals surface area contributed by atoms with E-state index in [9.17, 15) is 8.42 Å². The Bertz CT molecular complexity index is 1320. The number of sulfonamides is 1. The minimum absolute atomic E-state index is 0.250. The van der Waals surface area contributed by atoms with E-state index in [4.69, 9.17) is 0 Å². The zero-order valence-corrected chi connectivity index (χ0v) is 19.0. The molecule has 0 bridgehead atoms. The molecule has 1 aliphatic heterocycles. The Kier molecular flexibility index (Phi) is 5.77. The van der Waals surface area contributed by atoms with Gasteiger partial charge in [-0.2, -0.15) is 0 Å². The number of thioether (sulfide) groups is 1. The van der Waals surface area contributed by atoms with Crippen LogP contribution < -0.4 is 4.72 Å². The van der Waals surface area contributed by atoms with Crippen LogP contribution in [0.3, 0.4) is 0 Å². The molecule has 5 heteroatoms. The molecule has 0 aromatic heterocycles. The molecular weight excluding hydrogens is 434 g/mol. The molecule has 3 nitrogen and oxygen atoms in total. The summed E-state index contributed by atoms with van der Waals surface area (Å²) in [5, 5.41) is 0.387. The molecule has 1 N–H and O–H groups in total. The molecule has 32 heavy (non-hydrogen) atoms. The average molecular weight is 458 g/mol. The highest BCUT2D eigenvalue weighted by Crippen LogP contribution is 2.43. The fourth-order valence-electron chi connectivity index (χ4n) is 4.18. The Labute approximate surface area is 193 Å². The number of rotatable bonds is 4. The largest absolute Gasteiger partial charge is 0.280 e. The van der Waals surface area contributed by atoms with Crippen molar-refractivity contribution in [1.29, 1.82) is 0 Å². The molecule has 0 amide bonds. The molecule has 0 saturated heterocycles. The smallest absolute Gasteiger partial charge is 0.261 e. The summed E-state index contributed by atoms with van der Waals surface area (Å²) in [7, 11) is -3.63. The number of benzene rings is 3. The standard InChI is InChI=1S/C27H23NO2S2/c29-32(30,23-12-2-1-3-13-23)28-22-11-8-9-20(17-22)18-26-24-14-5-4-10-21(24)19-31-27-16-7-6-15-25(26)27/h1-18,25,27-28H,19H2/b26-18+. The van der Waals surface area contributed by atoms with Crippen molar-refractivity contribution in [3.8, 4) is 0 Å². The van der Waals surface area contributed by atoms with Gasteiger partial charge in [-0.3, -0.25) is 4.72 Å². The predicted octanol–water partition coefficient (Wildman–Crippen LogP) is 6.39. The number of fused-ring (bicyclic) bond motifs is 2.